The number of H-pyrrole nitrogens is 1. The fourth-order valence-electron chi connectivity index (χ4n) is 5.62. The third kappa shape index (κ3) is 5.84. The van der Waals surface area contributed by atoms with Gasteiger partial charge in [0.15, 0.2) is 5.82 Å². The van der Waals surface area contributed by atoms with Crippen LogP contribution < -0.4 is 5.32 Å². The summed E-state index contributed by atoms with van der Waals surface area (Å²) >= 11 is 6.31. The summed E-state index contributed by atoms with van der Waals surface area (Å²) in [4.78, 5) is 34.2. The van der Waals surface area contributed by atoms with Crippen molar-refractivity contribution in [1.29, 1.82) is 0 Å². The van der Waals surface area contributed by atoms with E-state index in [1.807, 2.05) is 35.2 Å². The number of benzene rings is 2. The van der Waals surface area contributed by atoms with Crippen molar-refractivity contribution in [3.05, 3.63) is 88.2 Å². The van der Waals surface area contributed by atoms with Crippen molar-refractivity contribution < 1.29 is 9.59 Å². The minimum Gasteiger partial charge on any atom is -0.345 e. The van der Waals surface area contributed by atoms with Gasteiger partial charge < -0.3 is 10.2 Å². The normalized spacial score (nSPS) is 21.2. The van der Waals surface area contributed by atoms with E-state index in [1.54, 1.807) is 18.2 Å². The first kappa shape index (κ1) is 27.7. The molecule has 10 heteroatoms. The lowest BCUT2D eigenvalue weighted by atomic mass is 9.84. The molecule has 1 spiro atoms. The minimum absolute atomic E-state index is 0.0829. The summed E-state index contributed by atoms with van der Waals surface area (Å²) in [6.45, 7) is 6.72. The number of rotatable bonds is 9. The number of amides is 2. The maximum atomic E-state index is 14.3. The Morgan fingerprint density at radius 3 is 2.67 bits per heavy atom. The van der Waals surface area contributed by atoms with Gasteiger partial charge in [-0.05, 0) is 60.9 Å². The second-order valence-electron chi connectivity index (χ2n) is 11.1. The van der Waals surface area contributed by atoms with E-state index in [-0.39, 0.29) is 30.3 Å². The molecule has 0 saturated carbocycles. The van der Waals surface area contributed by atoms with Crippen molar-refractivity contribution in [3.8, 4) is 0 Å². The molecule has 40 heavy (non-hydrogen) atoms. The molecule has 2 aromatic carbocycles. The molecular weight excluding hydrogens is 526 g/mol. The van der Waals surface area contributed by atoms with Crippen molar-refractivity contribution in [1.82, 2.24) is 30.8 Å². The highest BCUT2D eigenvalue weighted by molar-refractivity contribution is 6.47. The van der Waals surface area contributed by atoms with E-state index in [1.165, 1.54) is 0 Å². The Morgan fingerprint density at radius 1 is 1.20 bits per heavy atom. The number of nitrogens with zero attached hydrogens (tertiary/aromatic N) is 5. The molecule has 1 aliphatic carbocycles. The Bertz CT molecular complexity index is 1420. The monoisotopic (exact) mass is 559 g/mol. The predicted molar refractivity (Wildman–Crippen MR) is 154 cm³/mol. The number of hydrogen-bond acceptors (Lipinski definition) is 6. The smallest absolute Gasteiger partial charge is 0.275 e. The van der Waals surface area contributed by atoms with Gasteiger partial charge in [-0.25, -0.2) is 0 Å². The summed E-state index contributed by atoms with van der Waals surface area (Å²) in [6, 6.07) is 14.7. The molecule has 2 N–H and O–H groups in total. The van der Waals surface area contributed by atoms with Gasteiger partial charge in [-0.2, -0.15) is 5.21 Å². The van der Waals surface area contributed by atoms with Crippen molar-refractivity contribution in [2.75, 3.05) is 0 Å². The van der Waals surface area contributed by atoms with Gasteiger partial charge in [0.25, 0.3) is 11.8 Å². The molecule has 5 rings (SSSR count). The molecule has 2 heterocycles. The molecule has 2 amide bonds. The first-order valence-electron chi connectivity index (χ1n) is 13.7. The second kappa shape index (κ2) is 11.7. The van der Waals surface area contributed by atoms with Crippen LogP contribution in [0.4, 0.5) is 0 Å². The number of carbonyl (C=O) groups is 2. The molecule has 0 radical (unpaired) electrons. The Hall–Kier alpha value is -3.85. The standard InChI is InChI=1S/C30H34ClN7O2/c1-19(2)9-14-25(21-10-12-22(13-11-21)28(39)32-18-26-34-36-37-35-26)38-29(40)27(23-7-4-8-24(31)16-23)33-30(38)15-5-6-20(3)17-30/h4-8,10-13,16,19-20,25H,9,14-15,17-18H2,1-3H3,(H,32,39)(H,34,35,36,37)/t20?,25-,30?/m1/s1. The van der Waals surface area contributed by atoms with Crippen LogP contribution in [0, 0.1) is 11.8 Å². The van der Waals surface area contributed by atoms with Crippen LogP contribution in [0.1, 0.15) is 79.8 Å². The minimum atomic E-state index is -0.675. The van der Waals surface area contributed by atoms with Gasteiger partial charge in [0.05, 0.1) is 12.6 Å². The number of hydrogen-bond donors (Lipinski definition) is 2. The van der Waals surface area contributed by atoms with Crippen LogP contribution in [0.3, 0.4) is 0 Å². The number of nitrogens with one attached hydrogen (secondary N) is 2. The highest BCUT2D eigenvalue weighted by Crippen LogP contribution is 2.45. The second-order valence-corrected chi connectivity index (χ2v) is 11.5. The van der Waals surface area contributed by atoms with Crippen LogP contribution in [0.2, 0.25) is 5.02 Å². The number of allylic oxidation sites excluding steroid dienone is 1. The maximum Gasteiger partial charge on any atom is 0.275 e. The zero-order valence-electron chi connectivity index (χ0n) is 23.0. The molecule has 0 saturated heterocycles. The lowest BCUT2D eigenvalue weighted by Crippen LogP contribution is -2.50. The van der Waals surface area contributed by atoms with Crippen LogP contribution in [-0.2, 0) is 11.3 Å². The van der Waals surface area contributed by atoms with Crippen molar-refractivity contribution in [2.24, 2.45) is 16.8 Å². The summed E-state index contributed by atoms with van der Waals surface area (Å²) in [6.07, 6.45) is 7.47. The summed E-state index contributed by atoms with van der Waals surface area (Å²) in [5, 5.41) is 17.0. The number of halogens is 1. The van der Waals surface area contributed by atoms with Crippen LogP contribution >= 0.6 is 11.6 Å². The fourth-order valence-corrected chi connectivity index (χ4v) is 5.81. The Balaban J connectivity index is 1.48. The molecule has 3 aromatic rings. The number of tetrazole rings is 1. The molecule has 208 valence electrons. The van der Waals surface area contributed by atoms with Gasteiger partial charge in [-0.1, -0.05) is 74.0 Å². The van der Waals surface area contributed by atoms with Gasteiger partial charge in [0.2, 0.25) is 0 Å². The number of aromatic amines is 1. The zero-order chi connectivity index (χ0) is 28.3. The first-order chi connectivity index (χ1) is 19.3. The molecule has 0 fully saturated rings. The first-order valence-corrected chi connectivity index (χ1v) is 14.1. The van der Waals surface area contributed by atoms with Gasteiger partial charge in [-0.3, -0.25) is 14.6 Å². The summed E-state index contributed by atoms with van der Waals surface area (Å²) in [5.41, 5.74) is 2.01. The molecule has 2 unspecified atom stereocenters. The summed E-state index contributed by atoms with van der Waals surface area (Å²) < 4.78 is 0. The molecule has 9 nitrogen and oxygen atoms in total. The largest absolute Gasteiger partial charge is 0.345 e. The molecule has 1 aromatic heterocycles. The van der Waals surface area contributed by atoms with E-state index in [0.717, 1.165) is 30.4 Å². The average molecular weight is 560 g/mol. The number of carbonyl (C=O) groups excluding carboxylic acids is 2. The number of aromatic nitrogens is 4. The topological polar surface area (TPSA) is 116 Å². The van der Waals surface area contributed by atoms with Gasteiger partial charge in [-0.15, -0.1) is 10.2 Å². The fraction of sp³-hybridized carbons (Fsp3) is 0.400. The molecule has 2 aliphatic rings. The average Bonchev–Trinajstić information content (AvgIpc) is 3.55. The Kier molecular flexibility index (Phi) is 8.12. The summed E-state index contributed by atoms with van der Waals surface area (Å²) in [7, 11) is 0. The zero-order valence-corrected chi connectivity index (χ0v) is 23.7. The quantitative estimate of drug-likeness (QED) is 0.346. The molecule has 1 aliphatic heterocycles. The lowest BCUT2D eigenvalue weighted by molar-refractivity contribution is -0.132. The van der Waals surface area contributed by atoms with Gasteiger partial charge >= 0.3 is 0 Å². The van der Waals surface area contributed by atoms with Crippen LogP contribution in [-0.4, -0.2) is 48.7 Å². The Morgan fingerprint density at radius 2 is 2.00 bits per heavy atom. The van der Waals surface area contributed by atoms with Crippen molar-refractivity contribution in [3.63, 3.8) is 0 Å². The van der Waals surface area contributed by atoms with E-state index < -0.39 is 5.66 Å². The van der Waals surface area contributed by atoms with Crippen LogP contribution in [0.5, 0.6) is 0 Å². The molecule has 3 atom stereocenters. The van der Waals surface area contributed by atoms with Crippen molar-refractivity contribution >= 4 is 29.1 Å². The van der Waals surface area contributed by atoms with E-state index >= 15 is 0 Å². The van der Waals surface area contributed by atoms with Gasteiger partial charge in [0.1, 0.15) is 11.4 Å². The van der Waals surface area contributed by atoms with Gasteiger partial charge in [0, 0.05) is 22.6 Å². The highest BCUT2D eigenvalue weighted by atomic mass is 35.5. The summed E-state index contributed by atoms with van der Waals surface area (Å²) in [5.74, 6) is 0.831. The van der Waals surface area contributed by atoms with Crippen LogP contribution in [0.15, 0.2) is 65.7 Å². The van der Waals surface area contributed by atoms with E-state index in [2.05, 4.69) is 58.9 Å². The third-order valence-electron chi connectivity index (χ3n) is 7.53. The van der Waals surface area contributed by atoms with Crippen molar-refractivity contribution in [2.45, 2.75) is 64.7 Å². The van der Waals surface area contributed by atoms with E-state index in [4.69, 9.17) is 16.6 Å². The lowest BCUT2D eigenvalue weighted by Gasteiger charge is -2.44. The Labute approximate surface area is 239 Å². The third-order valence-corrected chi connectivity index (χ3v) is 7.76. The number of aliphatic imine (C=N–C) groups is 1. The van der Waals surface area contributed by atoms with E-state index in [0.29, 0.717) is 34.5 Å². The maximum absolute atomic E-state index is 14.3. The predicted octanol–water partition coefficient (Wildman–Crippen LogP) is 5.27. The SMILES string of the molecule is CC(C)CC[C@H](c1ccc(C(=O)NCc2nn[nH]n2)cc1)N1C(=O)C(c2cccc(Cl)c2)=NC12CC=CC(C)C2. The van der Waals surface area contributed by atoms with E-state index in [9.17, 15) is 9.59 Å². The van der Waals surface area contributed by atoms with Crippen LogP contribution in [0.25, 0.3) is 0 Å². The molecule has 0 bridgehead atoms. The highest BCUT2D eigenvalue weighted by Gasteiger charge is 2.51. The molecular formula is C30H34ClN7O2.